The Bertz CT molecular complexity index is 433. The van der Waals surface area contributed by atoms with Crippen LogP contribution in [0.25, 0.3) is 0 Å². The summed E-state index contributed by atoms with van der Waals surface area (Å²) in [5.41, 5.74) is 8.00. The molecular formula is C14H19N3O. The fraction of sp³-hybridized carbons (Fsp3) is 0.500. The van der Waals surface area contributed by atoms with E-state index in [4.69, 9.17) is 15.7 Å². The molecule has 1 unspecified atom stereocenters. The number of nitriles is 1. The van der Waals surface area contributed by atoms with E-state index in [2.05, 4.69) is 11.4 Å². The van der Waals surface area contributed by atoms with Crippen LogP contribution in [0.4, 0.5) is 11.4 Å². The monoisotopic (exact) mass is 245 g/mol. The third kappa shape index (κ3) is 3.38. The topological polar surface area (TPSA) is 71.1 Å². The lowest BCUT2D eigenvalue weighted by Crippen LogP contribution is -2.22. The lowest BCUT2D eigenvalue weighted by molar-refractivity contribution is 0.0134. The molecule has 0 amide bonds. The van der Waals surface area contributed by atoms with E-state index in [-0.39, 0.29) is 0 Å². The molecule has 0 saturated carbocycles. The molecule has 4 heteroatoms. The molecule has 1 fully saturated rings. The van der Waals surface area contributed by atoms with E-state index in [1.165, 1.54) is 12.8 Å². The van der Waals surface area contributed by atoms with Crippen molar-refractivity contribution >= 4 is 11.4 Å². The number of rotatable bonds is 4. The van der Waals surface area contributed by atoms with Gasteiger partial charge in [-0.3, -0.25) is 0 Å². The van der Waals surface area contributed by atoms with Crippen molar-refractivity contribution in [2.24, 2.45) is 0 Å². The van der Waals surface area contributed by atoms with Gasteiger partial charge in [-0.05, 0) is 43.9 Å². The van der Waals surface area contributed by atoms with E-state index >= 15 is 0 Å². The highest BCUT2D eigenvalue weighted by Crippen LogP contribution is 2.21. The number of nitrogens with zero attached hydrogens (tertiary/aromatic N) is 1. The van der Waals surface area contributed by atoms with Crippen molar-refractivity contribution in [2.45, 2.75) is 31.8 Å². The number of hydrogen-bond donors (Lipinski definition) is 2. The van der Waals surface area contributed by atoms with Crippen molar-refractivity contribution in [1.82, 2.24) is 0 Å². The second-order valence-electron chi connectivity index (χ2n) is 4.62. The standard InChI is InChI=1S/C14H19N3O/c15-10-11-4-5-13(16)14(9-11)17-7-6-12-3-1-2-8-18-12/h4-5,9,12,17H,1-3,6-8,16H2. The van der Waals surface area contributed by atoms with Gasteiger partial charge in [-0.15, -0.1) is 0 Å². The number of nitrogens with two attached hydrogens (primary N) is 1. The van der Waals surface area contributed by atoms with Crippen LogP contribution in [0, 0.1) is 11.3 Å². The van der Waals surface area contributed by atoms with E-state index in [0.29, 0.717) is 17.4 Å². The zero-order chi connectivity index (χ0) is 12.8. The van der Waals surface area contributed by atoms with Crippen molar-refractivity contribution in [2.75, 3.05) is 24.2 Å². The Morgan fingerprint density at radius 2 is 2.33 bits per heavy atom. The first-order chi connectivity index (χ1) is 8.79. The van der Waals surface area contributed by atoms with Gasteiger partial charge in [0.2, 0.25) is 0 Å². The third-order valence-electron chi connectivity index (χ3n) is 3.24. The molecule has 0 spiro atoms. The highest BCUT2D eigenvalue weighted by atomic mass is 16.5. The molecule has 2 rings (SSSR count). The van der Waals surface area contributed by atoms with E-state index in [9.17, 15) is 0 Å². The summed E-state index contributed by atoms with van der Waals surface area (Å²) in [6, 6.07) is 7.39. The molecule has 1 aromatic rings. The molecule has 1 atom stereocenters. The van der Waals surface area contributed by atoms with Crippen molar-refractivity contribution in [1.29, 1.82) is 5.26 Å². The van der Waals surface area contributed by atoms with Crippen molar-refractivity contribution < 1.29 is 4.74 Å². The second kappa shape index (κ2) is 6.27. The molecule has 1 aliphatic rings. The minimum atomic E-state index is 0.367. The van der Waals surface area contributed by atoms with Crippen LogP contribution in [0.3, 0.4) is 0 Å². The summed E-state index contributed by atoms with van der Waals surface area (Å²) >= 11 is 0. The zero-order valence-corrected chi connectivity index (χ0v) is 10.5. The van der Waals surface area contributed by atoms with Crippen molar-refractivity contribution in [3.63, 3.8) is 0 Å². The summed E-state index contributed by atoms with van der Waals surface area (Å²) in [5, 5.41) is 12.1. The Morgan fingerprint density at radius 1 is 1.44 bits per heavy atom. The Balaban J connectivity index is 1.84. The summed E-state index contributed by atoms with van der Waals surface area (Å²) in [7, 11) is 0. The van der Waals surface area contributed by atoms with Crippen LogP contribution < -0.4 is 11.1 Å². The molecule has 4 nitrogen and oxygen atoms in total. The maximum Gasteiger partial charge on any atom is 0.0992 e. The van der Waals surface area contributed by atoms with Gasteiger partial charge in [0.1, 0.15) is 0 Å². The van der Waals surface area contributed by atoms with Crippen molar-refractivity contribution in [3.8, 4) is 6.07 Å². The van der Waals surface area contributed by atoms with Gasteiger partial charge in [0.05, 0.1) is 29.1 Å². The third-order valence-corrected chi connectivity index (χ3v) is 3.24. The van der Waals surface area contributed by atoms with Gasteiger partial charge in [0, 0.05) is 13.2 Å². The van der Waals surface area contributed by atoms with E-state index in [0.717, 1.165) is 31.7 Å². The molecule has 0 radical (unpaired) electrons. The first kappa shape index (κ1) is 12.7. The minimum absolute atomic E-state index is 0.367. The number of nitrogen functional groups attached to an aromatic ring is 1. The number of anilines is 2. The van der Waals surface area contributed by atoms with Crippen LogP contribution in [0.15, 0.2) is 18.2 Å². The smallest absolute Gasteiger partial charge is 0.0992 e. The molecule has 96 valence electrons. The van der Waals surface area contributed by atoms with Gasteiger partial charge in [-0.1, -0.05) is 0 Å². The summed E-state index contributed by atoms with van der Waals surface area (Å²) in [6.45, 7) is 1.71. The molecule has 1 heterocycles. The van der Waals surface area contributed by atoms with Crippen LogP contribution >= 0.6 is 0 Å². The van der Waals surface area contributed by atoms with Gasteiger partial charge >= 0.3 is 0 Å². The van der Waals surface area contributed by atoms with Crippen molar-refractivity contribution in [3.05, 3.63) is 23.8 Å². The van der Waals surface area contributed by atoms with Gasteiger partial charge < -0.3 is 15.8 Å². The first-order valence-electron chi connectivity index (χ1n) is 6.44. The maximum absolute atomic E-state index is 8.84. The molecule has 0 bridgehead atoms. The number of benzene rings is 1. The minimum Gasteiger partial charge on any atom is -0.397 e. The average molecular weight is 245 g/mol. The summed E-state index contributed by atoms with van der Waals surface area (Å²) in [5.74, 6) is 0. The molecule has 1 saturated heterocycles. The first-order valence-corrected chi connectivity index (χ1v) is 6.44. The van der Waals surface area contributed by atoms with E-state index < -0.39 is 0 Å². The lowest BCUT2D eigenvalue weighted by atomic mass is 10.1. The Hall–Kier alpha value is -1.73. The quantitative estimate of drug-likeness (QED) is 0.799. The highest BCUT2D eigenvalue weighted by molar-refractivity contribution is 5.68. The summed E-state index contributed by atoms with van der Waals surface area (Å²) in [4.78, 5) is 0. The normalized spacial score (nSPS) is 19.2. The van der Waals surface area contributed by atoms with Crippen LogP contribution in [0.2, 0.25) is 0 Å². The molecule has 0 aliphatic carbocycles. The van der Waals surface area contributed by atoms with Gasteiger partial charge in [-0.2, -0.15) is 5.26 Å². The predicted molar refractivity (Wildman–Crippen MR) is 72.3 cm³/mol. The number of nitrogens with one attached hydrogen (secondary N) is 1. The fourth-order valence-electron chi connectivity index (χ4n) is 2.18. The van der Waals surface area contributed by atoms with E-state index in [1.807, 2.05) is 0 Å². The number of hydrogen-bond acceptors (Lipinski definition) is 4. The Kier molecular flexibility index (Phi) is 4.43. The largest absolute Gasteiger partial charge is 0.397 e. The highest BCUT2D eigenvalue weighted by Gasteiger charge is 2.13. The average Bonchev–Trinajstić information content (AvgIpc) is 2.42. The van der Waals surface area contributed by atoms with Gasteiger partial charge in [0.25, 0.3) is 0 Å². The second-order valence-corrected chi connectivity index (χ2v) is 4.62. The zero-order valence-electron chi connectivity index (χ0n) is 10.5. The molecular weight excluding hydrogens is 226 g/mol. The molecule has 0 aromatic heterocycles. The summed E-state index contributed by atoms with van der Waals surface area (Å²) in [6.07, 6.45) is 4.94. The van der Waals surface area contributed by atoms with Crippen LogP contribution in [-0.4, -0.2) is 19.3 Å². The molecule has 3 N–H and O–H groups in total. The molecule has 18 heavy (non-hydrogen) atoms. The Morgan fingerprint density at radius 3 is 3.06 bits per heavy atom. The van der Waals surface area contributed by atoms with Gasteiger partial charge in [-0.25, -0.2) is 0 Å². The SMILES string of the molecule is N#Cc1ccc(N)c(NCCC2CCCCO2)c1. The fourth-order valence-corrected chi connectivity index (χ4v) is 2.18. The molecule has 1 aliphatic heterocycles. The maximum atomic E-state index is 8.84. The van der Waals surface area contributed by atoms with Crippen LogP contribution in [-0.2, 0) is 4.74 Å². The Labute approximate surface area is 108 Å². The van der Waals surface area contributed by atoms with Crippen LogP contribution in [0.1, 0.15) is 31.2 Å². The van der Waals surface area contributed by atoms with Gasteiger partial charge in [0.15, 0.2) is 0 Å². The lowest BCUT2D eigenvalue weighted by Gasteiger charge is -2.22. The molecule has 1 aromatic carbocycles. The predicted octanol–water partition coefficient (Wildman–Crippen LogP) is 2.51. The van der Waals surface area contributed by atoms with Crippen LogP contribution in [0.5, 0.6) is 0 Å². The van der Waals surface area contributed by atoms with E-state index in [1.54, 1.807) is 18.2 Å². The summed E-state index contributed by atoms with van der Waals surface area (Å²) < 4.78 is 5.67. The number of ether oxygens (including phenoxy) is 1.